The molecule has 1 saturated heterocycles. The molecule has 3 aromatic carbocycles. The maximum atomic E-state index is 13.5. The number of benzene rings is 3. The number of ether oxygens (including phenoxy) is 4. The third-order valence-electron chi connectivity index (χ3n) is 6.03. The molecule has 13 heteroatoms. The Balaban J connectivity index is 1.57. The summed E-state index contributed by atoms with van der Waals surface area (Å²) in [6.07, 6.45) is 2.12. The highest BCUT2D eigenvalue weighted by Crippen LogP contribution is 2.36. The molecule has 0 unspecified atom stereocenters. The molecule has 1 fully saturated rings. The Morgan fingerprint density at radius 3 is 2.44 bits per heavy atom. The molecular formula is C30H27ClIN3O8. The van der Waals surface area contributed by atoms with Crippen molar-refractivity contribution in [3.8, 4) is 23.0 Å². The third kappa shape index (κ3) is 7.38. The van der Waals surface area contributed by atoms with E-state index in [9.17, 15) is 19.2 Å². The average Bonchev–Trinajstić information content (AvgIpc) is 2.98. The molecule has 0 spiro atoms. The normalized spacial score (nSPS) is 13.9. The fourth-order valence-corrected chi connectivity index (χ4v) is 5.00. The molecule has 2 N–H and O–H groups in total. The van der Waals surface area contributed by atoms with Gasteiger partial charge in [-0.1, -0.05) is 30.7 Å². The number of hydrogen-bond donors (Lipinski definition) is 2. The van der Waals surface area contributed by atoms with E-state index in [-0.39, 0.29) is 29.4 Å². The van der Waals surface area contributed by atoms with Gasteiger partial charge in [0.2, 0.25) is 0 Å². The molecule has 3 aromatic rings. The molecule has 0 aliphatic carbocycles. The van der Waals surface area contributed by atoms with Crippen LogP contribution in [0.4, 0.5) is 16.2 Å². The summed E-state index contributed by atoms with van der Waals surface area (Å²) >= 11 is 8.09. The van der Waals surface area contributed by atoms with E-state index in [0.29, 0.717) is 37.9 Å². The molecule has 0 bridgehead atoms. The molecule has 0 aromatic heterocycles. The van der Waals surface area contributed by atoms with Gasteiger partial charge in [0.25, 0.3) is 17.7 Å². The Hall–Kier alpha value is -4.30. The molecule has 1 aliphatic rings. The summed E-state index contributed by atoms with van der Waals surface area (Å²) in [6.45, 7) is 2.09. The van der Waals surface area contributed by atoms with E-state index in [1.54, 1.807) is 42.5 Å². The number of para-hydroxylation sites is 1. The van der Waals surface area contributed by atoms with Gasteiger partial charge in [0, 0.05) is 6.07 Å². The molecule has 4 rings (SSSR count). The van der Waals surface area contributed by atoms with Gasteiger partial charge in [0.1, 0.15) is 5.57 Å². The van der Waals surface area contributed by atoms with Crippen molar-refractivity contribution in [1.82, 2.24) is 5.32 Å². The van der Waals surface area contributed by atoms with Crippen LogP contribution in [0.1, 0.15) is 18.9 Å². The van der Waals surface area contributed by atoms with Crippen molar-refractivity contribution in [2.24, 2.45) is 0 Å². The molecule has 0 radical (unpaired) electrons. The number of nitrogens with one attached hydrogen (secondary N) is 2. The number of rotatable bonds is 11. The van der Waals surface area contributed by atoms with Crippen LogP contribution < -0.4 is 34.5 Å². The van der Waals surface area contributed by atoms with E-state index in [1.807, 2.05) is 29.5 Å². The minimum absolute atomic E-state index is 0.188. The standard InChI is InChI=1S/C30H27ClIN3O8/c1-4-11-42-23-10-9-18(15-24(23)40-2)35-29(38)19(28(37)34-30(35)39)12-17-13-21(32)27(25(14-17)41-3)43-16-26(36)33-22-8-6-5-7-20(22)31/h5-10,12-15H,4,11,16H2,1-3H3,(H,33,36)(H,34,37,39)/b19-12-. The Morgan fingerprint density at radius 2 is 1.74 bits per heavy atom. The number of carbonyl (C=O) groups excluding carboxylic acids is 4. The molecule has 0 saturated carbocycles. The lowest BCUT2D eigenvalue weighted by Crippen LogP contribution is -2.54. The third-order valence-corrected chi connectivity index (χ3v) is 7.16. The van der Waals surface area contributed by atoms with Crippen LogP contribution >= 0.6 is 34.2 Å². The van der Waals surface area contributed by atoms with Gasteiger partial charge in [-0.15, -0.1) is 0 Å². The van der Waals surface area contributed by atoms with Crippen LogP contribution in [-0.4, -0.2) is 51.2 Å². The predicted octanol–water partition coefficient (Wildman–Crippen LogP) is 5.43. The first kappa shape index (κ1) is 31.6. The van der Waals surface area contributed by atoms with Crippen molar-refractivity contribution in [1.29, 1.82) is 0 Å². The minimum atomic E-state index is -0.901. The van der Waals surface area contributed by atoms with Crippen molar-refractivity contribution in [2.75, 3.05) is 37.7 Å². The fraction of sp³-hybridized carbons (Fsp3) is 0.200. The Labute approximate surface area is 266 Å². The number of hydrogen-bond acceptors (Lipinski definition) is 8. The Bertz CT molecular complexity index is 1610. The van der Waals surface area contributed by atoms with Crippen molar-refractivity contribution in [3.63, 3.8) is 0 Å². The largest absolute Gasteiger partial charge is 0.493 e. The quantitative estimate of drug-likeness (QED) is 0.152. The number of methoxy groups -OCH3 is 2. The predicted molar refractivity (Wildman–Crippen MR) is 169 cm³/mol. The van der Waals surface area contributed by atoms with Gasteiger partial charge >= 0.3 is 6.03 Å². The van der Waals surface area contributed by atoms with Crippen molar-refractivity contribution < 1.29 is 38.1 Å². The average molecular weight is 720 g/mol. The summed E-state index contributed by atoms with van der Waals surface area (Å²) in [4.78, 5) is 52.2. The first-order chi connectivity index (χ1) is 20.7. The maximum Gasteiger partial charge on any atom is 0.335 e. The number of halogens is 2. The molecule has 43 heavy (non-hydrogen) atoms. The molecule has 5 amide bonds. The van der Waals surface area contributed by atoms with E-state index in [0.717, 1.165) is 11.3 Å². The SMILES string of the molecule is CCCOc1ccc(N2C(=O)NC(=O)/C(=C/c3cc(I)c(OCC(=O)Nc4ccccc4Cl)c(OC)c3)C2=O)cc1OC. The number of carbonyl (C=O) groups is 4. The summed E-state index contributed by atoms with van der Waals surface area (Å²) < 4.78 is 22.8. The van der Waals surface area contributed by atoms with E-state index < -0.39 is 23.8 Å². The Morgan fingerprint density at radius 1 is 1.00 bits per heavy atom. The Kier molecular flexibility index (Phi) is 10.5. The van der Waals surface area contributed by atoms with Crippen molar-refractivity contribution in [2.45, 2.75) is 13.3 Å². The van der Waals surface area contributed by atoms with Crippen LogP contribution in [0.5, 0.6) is 23.0 Å². The summed E-state index contributed by atoms with van der Waals surface area (Å²) in [5.74, 6) is -0.802. The summed E-state index contributed by atoms with van der Waals surface area (Å²) in [7, 11) is 2.86. The van der Waals surface area contributed by atoms with Gasteiger partial charge < -0.3 is 24.3 Å². The van der Waals surface area contributed by atoms with Gasteiger partial charge in [0.15, 0.2) is 29.6 Å². The zero-order valence-electron chi connectivity index (χ0n) is 23.4. The van der Waals surface area contributed by atoms with Gasteiger partial charge in [0.05, 0.1) is 40.8 Å². The maximum absolute atomic E-state index is 13.5. The number of imide groups is 2. The lowest BCUT2D eigenvalue weighted by molar-refractivity contribution is -0.122. The number of barbiturate groups is 1. The van der Waals surface area contributed by atoms with E-state index in [4.69, 9.17) is 30.5 Å². The van der Waals surface area contributed by atoms with Crippen LogP contribution in [-0.2, 0) is 14.4 Å². The second kappa shape index (κ2) is 14.2. The molecule has 11 nitrogen and oxygen atoms in total. The lowest BCUT2D eigenvalue weighted by Gasteiger charge is -2.27. The number of amides is 5. The van der Waals surface area contributed by atoms with Crippen LogP contribution in [0.2, 0.25) is 5.02 Å². The topological polar surface area (TPSA) is 132 Å². The van der Waals surface area contributed by atoms with Crippen LogP contribution in [0, 0.1) is 3.57 Å². The number of anilines is 2. The van der Waals surface area contributed by atoms with Crippen LogP contribution in [0.25, 0.3) is 6.08 Å². The van der Waals surface area contributed by atoms with Crippen LogP contribution in [0.15, 0.2) is 60.2 Å². The molecule has 224 valence electrons. The lowest BCUT2D eigenvalue weighted by atomic mass is 10.1. The van der Waals surface area contributed by atoms with Crippen LogP contribution in [0.3, 0.4) is 0 Å². The highest BCUT2D eigenvalue weighted by atomic mass is 127. The monoisotopic (exact) mass is 719 g/mol. The van der Waals surface area contributed by atoms with Gasteiger partial charge in [-0.3, -0.25) is 19.7 Å². The summed E-state index contributed by atoms with van der Waals surface area (Å²) in [5.41, 5.74) is 0.773. The summed E-state index contributed by atoms with van der Waals surface area (Å²) in [5, 5.41) is 5.26. The number of nitrogens with zero attached hydrogens (tertiary/aromatic N) is 1. The zero-order valence-corrected chi connectivity index (χ0v) is 26.3. The minimum Gasteiger partial charge on any atom is -0.493 e. The first-order valence-electron chi connectivity index (χ1n) is 12.9. The molecular weight excluding hydrogens is 693 g/mol. The van der Waals surface area contributed by atoms with Gasteiger partial charge in [-0.05, 0) is 77.0 Å². The summed E-state index contributed by atoms with van der Waals surface area (Å²) in [6, 6.07) is 13.7. The number of urea groups is 1. The van der Waals surface area contributed by atoms with Crippen molar-refractivity contribution >= 4 is 75.4 Å². The first-order valence-corrected chi connectivity index (χ1v) is 14.4. The van der Waals surface area contributed by atoms with Crippen molar-refractivity contribution in [3.05, 3.63) is 74.3 Å². The highest BCUT2D eigenvalue weighted by molar-refractivity contribution is 14.1. The van der Waals surface area contributed by atoms with E-state index >= 15 is 0 Å². The second-order valence-corrected chi connectivity index (χ2v) is 10.6. The van der Waals surface area contributed by atoms with E-state index in [2.05, 4.69) is 10.6 Å². The zero-order chi connectivity index (χ0) is 31.1. The molecule has 1 aliphatic heterocycles. The van der Waals surface area contributed by atoms with E-state index in [1.165, 1.54) is 32.4 Å². The van der Waals surface area contributed by atoms with Gasteiger partial charge in [-0.2, -0.15) is 0 Å². The van der Waals surface area contributed by atoms with Gasteiger partial charge in [-0.25, -0.2) is 9.69 Å². The fourth-order valence-electron chi connectivity index (χ4n) is 4.04. The molecule has 0 atom stereocenters. The smallest absolute Gasteiger partial charge is 0.335 e. The molecule has 1 heterocycles. The highest BCUT2D eigenvalue weighted by Gasteiger charge is 2.37. The second-order valence-electron chi connectivity index (χ2n) is 8.99.